The van der Waals surface area contributed by atoms with Crippen molar-refractivity contribution in [2.75, 3.05) is 12.4 Å². The Morgan fingerprint density at radius 3 is 2.65 bits per heavy atom. The maximum atomic E-state index is 11.4. The van der Waals surface area contributed by atoms with E-state index in [1.165, 1.54) is 7.11 Å². The smallest absolute Gasteiger partial charge is 0.310 e. The van der Waals surface area contributed by atoms with Gasteiger partial charge in [-0.3, -0.25) is 4.79 Å². The van der Waals surface area contributed by atoms with Crippen molar-refractivity contribution >= 4 is 39.2 Å². The minimum atomic E-state index is -0.224. The number of rotatable bonds is 4. The molecule has 0 aromatic heterocycles. The lowest BCUT2D eigenvalue weighted by atomic mass is 10.0. The normalized spacial score (nSPS) is 13.9. The predicted octanol–water partition coefficient (Wildman–Crippen LogP) is 3.71. The van der Waals surface area contributed by atoms with Gasteiger partial charge in [-0.2, -0.15) is 0 Å². The second-order valence-corrected chi connectivity index (χ2v) is 5.14. The van der Waals surface area contributed by atoms with E-state index in [2.05, 4.69) is 21.2 Å². The lowest BCUT2D eigenvalue weighted by Gasteiger charge is -2.20. The number of methoxy groups -OCH3 is 1. The third-order valence-corrected chi connectivity index (χ3v) is 3.85. The molecular formula is C12H15BrClNO2. The molecule has 0 aliphatic carbocycles. The Morgan fingerprint density at radius 2 is 2.12 bits per heavy atom. The zero-order valence-corrected chi connectivity index (χ0v) is 12.3. The van der Waals surface area contributed by atoms with E-state index in [1.54, 1.807) is 6.07 Å². The van der Waals surface area contributed by atoms with E-state index in [4.69, 9.17) is 16.3 Å². The van der Waals surface area contributed by atoms with Gasteiger partial charge in [0, 0.05) is 16.2 Å². The fraction of sp³-hybridized carbons (Fsp3) is 0.417. The van der Waals surface area contributed by atoms with Crippen LogP contribution in [0.1, 0.15) is 13.8 Å². The molecule has 0 aliphatic rings. The molecule has 5 heteroatoms. The Labute approximate surface area is 115 Å². The number of anilines is 1. The van der Waals surface area contributed by atoms with Crippen LogP contribution in [-0.2, 0) is 9.53 Å². The molecule has 0 bridgehead atoms. The largest absolute Gasteiger partial charge is 0.469 e. The molecule has 0 fully saturated rings. The van der Waals surface area contributed by atoms with Gasteiger partial charge in [-0.15, -0.1) is 0 Å². The first-order chi connectivity index (χ1) is 7.95. The van der Waals surface area contributed by atoms with Gasteiger partial charge in [0.25, 0.3) is 0 Å². The van der Waals surface area contributed by atoms with E-state index in [9.17, 15) is 4.79 Å². The Bertz CT molecular complexity index is 411. The first kappa shape index (κ1) is 14.3. The van der Waals surface area contributed by atoms with Gasteiger partial charge in [0.1, 0.15) is 0 Å². The maximum absolute atomic E-state index is 11.4. The molecule has 17 heavy (non-hydrogen) atoms. The summed E-state index contributed by atoms with van der Waals surface area (Å²) in [5.74, 6) is -0.438. The number of ether oxygens (including phenoxy) is 1. The van der Waals surface area contributed by atoms with Crippen LogP contribution in [-0.4, -0.2) is 19.1 Å². The molecule has 0 saturated heterocycles. The van der Waals surface area contributed by atoms with E-state index < -0.39 is 0 Å². The molecule has 0 spiro atoms. The topological polar surface area (TPSA) is 38.3 Å². The van der Waals surface area contributed by atoms with Crippen molar-refractivity contribution in [2.45, 2.75) is 19.9 Å². The highest BCUT2D eigenvalue weighted by Gasteiger charge is 2.20. The molecule has 1 N–H and O–H groups in total. The van der Waals surface area contributed by atoms with Crippen LogP contribution >= 0.6 is 27.5 Å². The van der Waals surface area contributed by atoms with Crippen LogP contribution in [0.15, 0.2) is 22.7 Å². The third-order valence-electron chi connectivity index (χ3n) is 2.64. The standard InChI is InChI=1S/C12H15BrClNO2/c1-7(12(16)17-3)8(2)15-9-4-5-11(14)10(13)6-9/h4-8,15H,1-3H3. The molecule has 0 heterocycles. The van der Waals surface area contributed by atoms with Crippen molar-refractivity contribution in [1.82, 2.24) is 0 Å². The summed E-state index contributed by atoms with van der Waals surface area (Å²) in [5.41, 5.74) is 0.907. The molecular weight excluding hydrogens is 305 g/mol. The first-order valence-electron chi connectivity index (χ1n) is 5.25. The van der Waals surface area contributed by atoms with Gasteiger partial charge in [-0.05, 0) is 48.0 Å². The van der Waals surface area contributed by atoms with Gasteiger partial charge >= 0.3 is 5.97 Å². The summed E-state index contributed by atoms with van der Waals surface area (Å²) in [6.07, 6.45) is 0. The Kier molecular flexibility index (Phi) is 5.28. The van der Waals surface area contributed by atoms with Crippen LogP contribution in [0.25, 0.3) is 0 Å². The van der Waals surface area contributed by atoms with Crippen LogP contribution in [0.2, 0.25) is 5.02 Å². The highest BCUT2D eigenvalue weighted by Crippen LogP contribution is 2.26. The molecule has 0 aliphatic heterocycles. The van der Waals surface area contributed by atoms with Crippen LogP contribution in [0.4, 0.5) is 5.69 Å². The predicted molar refractivity (Wildman–Crippen MR) is 73.4 cm³/mol. The molecule has 94 valence electrons. The van der Waals surface area contributed by atoms with Gasteiger partial charge in [0.15, 0.2) is 0 Å². The molecule has 3 nitrogen and oxygen atoms in total. The van der Waals surface area contributed by atoms with Gasteiger partial charge in [0.2, 0.25) is 0 Å². The second-order valence-electron chi connectivity index (χ2n) is 3.87. The van der Waals surface area contributed by atoms with Crippen LogP contribution in [0, 0.1) is 5.92 Å². The highest BCUT2D eigenvalue weighted by atomic mass is 79.9. The van der Waals surface area contributed by atoms with Crippen molar-refractivity contribution in [3.63, 3.8) is 0 Å². The number of nitrogens with one attached hydrogen (secondary N) is 1. The SMILES string of the molecule is COC(=O)C(C)C(C)Nc1ccc(Cl)c(Br)c1. The fourth-order valence-electron chi connectivity index (χ4n) is 1.36. The second kappa shape index (κ2) is 6.26. The van der Waals surface area contributed by atoms with E-state index in [1.807, 2.05) is 26.0 Å². The monoisotopic (exact) mass is 319 g/mol. The zero-order chi connectivity index (χ0) is 13.0. The van der Waals surface area contributed by atoms with Crippen LogP contribution < -0.4 is 5.32 Å². The fourth-order valence-corrected chi connectivity index (χ4v) is 1.86. The lowest BCUT2D eigenvalue weighted by Crippen LogP contribution is -2.30. The number of hydrogen-bond donors (Lipinski definition) is 1. The van der Waals surface area contributed by atoms with Crippen molar-refractivity contribution in [2.24, 2.45) is 5.92 Å². The number of carbonyl (C=O) groups excluding carboxylic acids is 1. The molecule has 2 atom stereocenters. The van der Waals surface area contributed by atoms with E-state index >= 15 is 0 Å². The minimum absolute atomic E-state index is 0.0180. The molecule has 2 unspecified atom stereocenters. The summed E-state index contributed by atoms with van der Waals surface area (Å²) in [4.78, 5) is 11.4. The van der Waals surface area contributed by atoms with E-state index in [0.717, 1.165) is 10.2 Å². The Hall–Kier alpha value is -0.740. The van der Waals surface area contributed by atoms with Crippen LogP contribution in [0.3, 0.4) is 0 Å². The van der Waals surface area contributed by atoms with Crippen molar-refractivity contribution in [1.29, 1.82) is 0 Å². The maximum Gasteiger partial charge on any atom is 0.310 e. The molecule has 0 amide bonds. The summed E-state index contributed by atoms with van der Waals surface area (Å²) < 4.78 is 5.53. The summed E-state index contributed by atoms with van der Waals surface area (Å²) in [6.45, 7) is 3.76. The quantitative estimate of drug-likeness (QED) is 0.859. The molecule has 0 saturated carbocycles. The average Bonchev–Trinajstić information content (AvgIpc) is 2.31. The van der Waals surface area contributed by atoms with Gasteiger partial charge in [0.05, 0.1) is 18.1 Å². The average molecular weight is 321 g/mol. The first-order valence-corrected chi connectivity index (χ1v) is 6.42. The molecule has 1 aromatic rings. The number of esters is 1. The number of hydrogen-bond acceptors (Lipinski definition) is 3. The zero-order valence-electron chi connectivity index (χ0n) is 9.96. The van der Waals surface area contributed by atoms with E-state index in [-0.39, 0.29) is 17.9 Å². The molecule has 1 rings (SSSR count). The lowest BCUT2D eigenvalue weighted by molar-refractivity contribution is -0.145. The number of carbonyl (C=O) groups is 1. The molecule has 1 aromatic carbocycles. The van der Waals surface area contributed by atoms with Crippen molar-refractivity contribution in [3.05, 3.63) is 27.7 Å². The van der Waals surface area contributed by atoms with Crippen molar-refractivity contribution in [3.8, 4) is 0 Å². The van der Waals surface area contributed by atoms with Gasteiger partial charge < -0.3 is 10.1 Å². The Morgan fingerprint density at radius 1 is 1.47 bits per heavy atom. The van der Waals surface area contributed by atoms with Gasteiger partial charge in [-0.25, -0.2) is 0 Å². The summed E-state index contributed by atoms with van der Waals surface area (Å²) in [5, 5.41) is 3.89. The Balaban J connectivity index is 2.70. The molecule has 0 radical (unpaired) electrons. The minimum Gasteiger partial charge on any atom is -0.469 e. The third kappa shape index (κ3) is 3.89. The van der Waals surface area contributed by atoms with E-state index in [0.29, 0.717) is 5.02 Å². The number of benzene rings is 1. The van der Waals surface area contributed by atoms with Crippen molar-refractivity contribution < 1.29 is 9.53 Å². The van der Waals surface area contributed by atoms with Gasteiger partial charge in [-0.1, -0.05) is 11.6 Å². The number of halogens is 2. The summed E-state index contributed by atoms with van der Waals surface area (Å²) >= 11 is 9.26. The summed E-state index contributed by atoms with van der Waals surface area (Å²) in [7, 11) is 1.39. The highest BCUT2D eigenvalue weighted by molar-refractivity contribution is 9.10. The van der Waals surface area contributed by atoms with Crippen LogP contribution in [0.5, 0.6) is 0 Å². The summed E-state index contributed by atoms with van der Waals surface area (Å²) in [6, 6.07) is 5.52.